The fraction of sp³-hybridized carbons (Fsp3) is 0.550. The first kappa shape index (κ1) is 21.4. The van der Waals surface area contributed by atoms with Crippen molar-refractivity contribution in [2.75, 3.05) is 6.54 Å². The molecule has 1 unspecified atom stereocenters. The molecule has 0 bridgehead atoms. The van der Waals surface area contributed by atoms with Crippen LogP contribution in [0.15, 0.2) is 24.3 Å². The van der Waals surface area contributed by atoms with Gasteiger partial charge in [-0.05, 0) is 48.8 Å². The summed E-state index contributed by atoms with van der Waals surface area (Å²) in [7, 11) is 0. The molecule has 1 heterocycles. The Morgan fingerprint density at radius 1 is 1.37 bits per heavy atom. The van der Waals surface area contributed by atoms with Gasteiger partial charge in [-0.2, -0.15) is 0 Å². The molecule has 0 spiro atoms. The van der Waals surface area contributed by atoms with Gasteiger partial charge in [-0.25, -0.2) is 4.68 Å². The number of nitrogens with one attached hydrogen (secondary N) is 1. The van der Waals surface area contributed by atoms with Crippen LogP contribution < -0.4 is 11.1 Å². The predicted molar refractivity (Wildman–Crippen MR) is 110 cm³/mol. The number of nitrogens with zero attached hydrogens (tertiary/aromatic N) is 3. The molecule has 0 radical (unpaired) electrons. The Bertz CT molecular complexity index is 769. The first-order valence-corrected chi connectivity index (χ1v) is 9.60. The third-order valence-electron chi connectivity index (χ3n) is 4.97. The van der Waals surface area contributed by atoms with E-state index in [1.54, 1.807) is 4.68 Å². The zero-order valence-corrected chi connectivity index (χ0v) is 17.1. The van der Waals surface area contributed by atoms with Crippen LogP contribution in [0.3, 0.4) is 0 Å². The minimum absolute atomic E-state index is 0. The highest BCUT2D eigenvalue weighted by molar-refractivity contribution is 5.93. The Morgan fingerprint density at radius 3 is 2.74 bits per heavy atom. The lowest BCUT2D eigenvalue weighted by Gasteiger charge is -2.12. The summed E-state index contributed by atoms with van der Waals surface area (Å²) >= 11 is 0. The smallest absolute Gasteiger partial charge is 0.273 e. The average Bonchev–Trinajstić information content (AvgIpc) is 3.40. The Kier molecular flexibility index (Phi) is 7.39. The van der Waals surface area contributed by atoms with Gasteiger partial charge < -0.3 is 11.1 Å². The fourth-order valence-corrected chi connectivity index (χ4v) is 3.15. The van der Waals surface area contributed by atoms with Gasteiger partial charge in [0.25, 0.3) is 5.91 Å². The van der Waals surface area contributed by atoms with Gasteiger partial charge in [0.1, 0.15) is 0 Å². The topological polar surface area (TPSA) is 85.8 Å². The van der Waals surface area contributed by atoms with E-state index in [0.29, 0.717) is 24.1 Å². The number of halogens is 1. The van der Waals surface area contributed by atoms with E-state index in [9.17, 15) is 4.79 Å². The Balaban J connectivity index is 0.00000261. The zero-order valence-electron chi connectivity index (χ0n) is 16.3. The van der Waals surface area contributed by atoms with Gasteiger partial charge in [0, 0.05) is 12.6 Å². The number of hydrogen-bond acceptors (Lipinski definition) is 4. The summed E-state index contributed by atoms with van der Waals surface area (Å²) in [6, 6.07) is 8.29. The van der Waals surface area contributed by atoms with E-state index < -0.39 is 0 Å². The summed E-state index contributed by atoms with van der Waals surface area (Å²) in [5.74, 6) is 0.801. The molecule has 1 aromatic carbocycles. The van der Waals surface area contributed by atoms with Crippen LogP contribution in [0.5, 0.6) is 0 Å². The second kappa shape index (κ2) is 9.33. The van der Waals surface area contributed by atoms with Crippen LogP contribution in [0.1, 0.15) is 67.7 Å². The summed E-state index contributed by atoms with van der Waals surface area (Å²) in [6.45, 7) is 6.90. The molecule has 1 aliphatic carbocycles. The standard InChI is InChI=1S/C20H29N5O.ClH/c1-4-6-18-19(20(26)22-12-17(21)14-9-10-14)23-24-25(18)16-8-5-7-15(11-16)13(2)3;/h5,7-8,11,13-14,17H,4,6,9-10,12,21H2,1-3H3,(H,22,26);1H. The molecular formula is C20H30ClN5O. The monoisotopic (exact) mass is 391 g/mol. The van der Waals surface area contributed by atoms with Gasteiger partial charge in [0.05, 0.1) is 11.4 Å². The molecule has 148 valence electrons. The molecule has 1 amide bonds. The van der Waals surface area contributed by atoms with Crippen LogP contribution in [-0.2, 0) is 6.42 Å². The van der Waals surface area contributed by atoms with Gasteiger partial charge in [-0.15, -0.1) is 17.5 Å². The van der Waals surface area contributed by atoms with E-state index >= 15 is 0 Å². The summed E-state index contributed by atoms with van der Waals surface area (Å²) in [6.07, 6.45) is 4.00. The van der Waals surface area contributed by atoms with Gasteiger partial charge in [-0.3, -0.25) is 4.79 Å². The molecular weight excluding hydrogens is 362 g/mol. The van der Waals surface area contributed by atoms with Crippen molar-refractivity contribution < 1.29 is 4.79 Å². The van der Waals surface area contributed by atoms with Crippen molar-refractivity contribution >= 4 is 18.3 Å². The predicted octanol–water partition coefficient (Wildman–Crippen LogP) is 3.23. The van der Waals surface area contributed by atoms with Crippen molar-refractivity contribution in [2.45, 2.75) is 58.4 Å². The van der Waals surface area contributed by atoms with Crippen LogP contribution in [0.25, 0.3) is 5.69 Å². The quantitative estimate of drug-likeness (QED) is 0.723. The molecule has 6 nitrogen and oxygen atoms in total. The maximum absolute atomic E-state index is 12.6. The Hall–Kier alpha value is -1.92. The lowest BCUT2D eigenvalue weighted by molar-refractivity contribution is 0.0944. The summed E-state index contributed by atoms with van der Waals surface area (Å²) in [4.78, 5) is 12.6. The number of amides is 1. The van der Waals surface area contributed by atoms with E-state index in [1.807, 2.05) is 12.1 Å². The normalized spacial score (nSPS) is 14.7. The average molecular weight is 392 g/mol. The molecule has 7 heteroatoms. The maximum atomic E-state index is 12.6. The number of carbonyl (C=O) groups is 1. The second-order valence-electron chi connectivity index (χ2n) is 7.51. The van der Waals surface area contributed by atoms with E-state index in [0.717, 1.165) is 24.2 Å². The van der Waals surface area contributed by atoms with E-state index in [2.05, 4.69) is 48.5 Å². The van der Waals surface area contributed by atoms with Crippen LogP contribution in [0.2, 0.25) is 0 Å². The number of benzene rings is 1. The third-order valence-corrected chi connectivity index (χ3v) is 4.97. The first-order chi connectivity index (χ1) is 12.5. The highest BCUT2D eigenvalue weighted by Gasteiger charge is 2.29. The van der Waals surface area contributed by atoms with Gasteiger partial charge in [0.2, 0.25) is 0 Å². The Labute approximate surface area is 167 Å². The second-order valence-corrected chi connectivity index (χ2v) is 7.51. The number of rotatable bonds is 8. The molecule has 0 aliphatic heterocycles. The van der Waals surface area contributed by atoms with E-state index in [-0.39, 0.29) is 24.4 Å². The number of nitrogens with two attached hydrogens (primary N) is 1. The van der Waals surface area contributed by atoms with E-state index in [1.165, 1.54) is 18.4 Å². The third kappa shape index (κ3) is 5.08. The zero-order chi connectivity index (χ0) is 18.7. The molecule has 3 rings (SSSR count). The lowest BCUT2D eigenvalue weighted by atomic mass is 10.0. The first-order valence-electron chi connectivity index (χ1n) is 9.60. The highest BCUT2D eigenvalue weighted by Crippen LogP contribution is 2.31. The van der Waals surface area contributed by atoms with Gasteiger partial charge in [0.15, 0.2) is 5.69 Å². The summed E-state index contributed by atoms with van der Waals surface area (Å²) < 4.78 is 1.80. The molecule has 1 saturated carbocycles. The molecule has 0 saturated heterocycles. The number of carbonyl (C=O) groups excluding carboxylic acids is 1. The molecule has 1 aromatic heterocycles. The minimum atomic E-state index is -0.184. The minimum Gasteiger partial charge on any atom is -0.349 e. The SMILES string of the molecule is CCCc1c(C(=O)NCC(N)C2CC2)nnn1-c1cccc(C(C)C)c1.Cl. The maximum Gasteiger partial charge on any atom is 0.273 e. The lowest BCUT2D eigenvalue weighted by Crippen LogP contribution is -2.39. The van der Waals surface area contributed by atoms with E-state index in [4.69, 9.17) is 5.73 Å². The molecule has 1 aliphatic rings. The van der Waals surface area contributed by atoms with Crippen molar-refractivity contribution in [1.29, 1.82) is 0 Å². The highest BCUT2D eigenvalue weighted by atomic mass is 35.5. The van der Waals surface area contributed by atoms with Crippen LogP contribution in [0.4, 0.5) is 0 Å². The van der Waals surface area contributed by atoms with Crippen molar-refractivity contribution in [3.63, 3.8) is 0 Å². The molecule has 1 fully saturated rings. The summed E-state index contributed by atoms with van der Waals surface area (Å²) in [5, 5.41) is 11.4. The molecule has 3 N–H and O–H groups in total. The molecule has 2 aromatic rings. The fourth-order valence-electron chi connectivity index (χ4n) is 3.15. The van der Waals surface area contributed by atoms with Gasteiger partial charge in [-0.1, -0.05) is 44.5 Å². The van der Waals surface area contributed by atoms with Crippen LogP contribution in [0, 0.1) is 5.92 Å². The largest absolute Gasteiger partial charge is 0.349 e. The van der Waals surface area contributed by atoms with Crippen molar-refractivity contribution in [3.05, 3.63) is 41.2 Å². The van der Waals surface area contributed by atoms with Crippen molar-refractivity contribution in [1.82, 2.24) is 20.3 Å². The number of aromatic nitrogens is 3. The van der Waals surface area contributed by atoms with Gasteiger partial charge >= 0.3 is 0 Å². The van der Waals surface area contributed by atoms with Crippen LogP contribution in [-0.4, -0.2) is 33.5 Å². The number of hydrogen-bond donors (Lipinski definition) is 2. The van der Waals surface area contributed by atoms with Crippen LogP contribution >= 0.6 is 12.4 Å². The van der Waals surface area contributed by atoms with Crippen molar-refractivity contribution in [3.8, 4) is 5.69 Å². The van der Waals surface area contributed by atoms with Crippen molar-refractivity contribution in [2.24, 2.45) is 11.7 Å². The summed E-state index contributed by atoms with van der Waals surface area (Å²) in [5.41, 5.74) is 9.53. The molecule has 1 atom stereocenters. The molecule has 27 heavy (non-hydrogen) atoms. The Morgan fingerprint density at radius 2 is 2.11 bits per heavy atom.